The van der Waals surface area contributed by atoms with E-state index in [9.17, 15) is 13.6 Å². The molecule has 0 heterocycles. The van der Waals surface area contributed by atoms with Gasteiger partial charge in [-0.05, 0) is 43.3 Å². The number of Topliss-reactive ketones (excluding diaryl/α,β-unsaturated/α-hetero) is 1. The van der Waals surface area contributed by atoms with Gasteiger partial charge in [0.2, 0.25) is 0 Å². The molecule has 2 aromatic carbocycles. The molecule has 0 atom stereocenters. The van der Waals surface area contributed by atoms with Crippen LogP contribution in [-0.2, 0) is 0 Å². The van der Waals surface area contributed by atoms with E-state index in [0.29, 0.717) is 11.3 Å². The molecule has 2 rings (SSSR count). The molecule has 0 radical (unpaired) electrons. The normalized spacial score (nSPS) is 10.7. The lowest BCUT2D eigenvalue weighted by atomic mass is 10.1. The van der Waals surface area contributed by atoms with Crippen LogP contribution in [0.15, 0.2) is 53.4 Å². The third-order valence-electron chi connectivity index (χ3n) is 2.79. The zero-order valence-corrected chi connectivity index (χ0v) is 12.2. The lowest BCUT2D eigenvalue weighted by Gasteiger charge is -2.05. The molecule has 0 aliphatic heterocycles. The molecule has 0 fully saturated rings. The summed E-state index contributed by atoms with van der Waals surface area (Å²) in [6.45, 7) is -0.855. The highest BCUT2D eigenvalue weighted by atomic mass is 32.2. The van der Waals surface area contributed by atoms with Crippen LogP contribution in [0, 0.1) is 6.92 Å². The summed E-state index contributed by atoms with van der Waals surface area (Å²) >= 11 is 1.45. The van der Waals surface area contributed by atoms with Gasteiger partial charge in [-0.1, -0.05) is 17.7 Å². The van der Waals surface area contributed by atoms with Crippen LogP contribution in [0.25, 0.3) is 0 Å². The Bertz CT molecular complexity index is 595. The predicted molar refractivity (Wildman–Crippen MR) is 79.3 cm³/mol. The molecule has 0 aliphatic carbocycles. The number of hydrogen-bond donors (Lipinski definition) is 0. The number of benzene rings is 2. The average Bonchev–Trinajstić information content (AvgIpc) is 2.46. The van der Waals surface area contributed by atoms with Gasteiger partial charge in [0.15, 0.2) is 5.78 Å². The molecule has 0 amide bonds. The standard InChI is InChI=1S/C16H14F2O2S/c1-11-2-8-14(9-3-11)21-10-15(19)12-4-6-13(7-5-12)20-16(17)18/h2-9,16H,10H2,1H3. The van der Waals surface area contributed by atoms with Crippen LogP contribution >= 0.6 is 11.8 Å². The Morgan fingerprint density at radius 2 is 1.71 bits per heavy atom. The van der Waals surface area contributed by atoms with Crippen molar-refractivity contribution in [2.45, 2.75) is 18.4 Å². The van der Waals surface area contributed by atoms with Crippen LogP contribution in [0.5, 0.6) is 5.75 Å². The first-order chi connectivity index (χ1) is 10.0. The van der Waals surface area contributed by atoms with Crippen molar-refractivity contribution in [3.05, 3.63) is 59.7 Å². The van der Waals surface area contributed by atoms with Crippen molar-refractivity contribution < 1.29 is 18.3 Å². The van der Waals surface area contributed by atoms with Crippen molar-refractivity contribution >= 4 is 17.5 Å². The maximum atomic E-state index is 12.0. The van der Waals surface area contributed by atoms with E-state index in [-0.39, 0.29) is 11.5 Å². The SMILES string of the molecule is Cc1ccc(SCC(=O)c2ccc(OC(F)F)cc2)cc1. The summed E-state index contributed by atoms with van der Waals surface area (Å²) in [5, 5.41) is 0. The van der Waals surface area contributed by atoms with E-state index in [2.05, 4.69) is 4.74 Å². The Labute approximate surface area is 126 Å². The molecule has 0 saturated carbocycles. The maximum absolute atomic E-state index is 12.0. The van der Waals surface area contributed by atoms with E-state index >= 15 is 0 Å². The van der Waals surface area contributed by atoms with Gasteiger partial charge in [-0.25, -0.2) is 0 Å². The molecule has 0 unspecified atom stereocenters. The molecule has 2 nitrogen and oxygen atoms in total. The molecule has 110 valence electrons. The molecule has 0 spiro atoms. The Morgan fingerprint density at radius 1 is 1.10 bits per heavy atom. The topological polar surface area (TPSA) is 26.3 Å². The van der Waals surface area contributed by atoms with Crippen molar-refractivity contribution in [1.82, 2.24) is 0 Å². The number of rotatable bonds is 6. The predicted octanol–water partition coefficient (Wildman–Crippen LogP) is 4.57. The lowest BCUT2D eigenvalue weighted by Crippen LogP contribution is -2.04. The van der Waals surface area contributed by atoms with Gasteiger partial charge in [-0.3, -0.25) is 4.79 Å². The molecular weight excluding hydrogens is 294 g/mol. The number of thioether (sulfide) groups is 1. The Kier molecular flexibility index (Phi) is 5.33. The summed E-state index contributed by atoms with van der Waals surface area (Å²) < 4.78 is 28.3. The maximum Gasteiger partial charge on any atom is 0.387 e. The molecule has 2 aromatic rings. The molecule has 5 heteroatoms. The Balaban J connectivity index is 1.92. The summed E-state index contributed by atoms with van der Waals surface area (Å²) in [5.41, 5.74) is 1.65. The Hall–Kier alpha value is -1.88. The number of alkyl halides is 2. The number of ketones is 1. The molecular formula is C16H14F2O2S. The second kappa shape index (κ2) is 7.22. The zero-order valence-electron chi connectivity index (χ0n) is 11.4. The van der Waals surface area contributed by atoms with Crippen molar-refractivity contribution in [3.8, 4) is 5.75 Å². The van der Waals surface area contributed by atoms with Gasteiger partial charge in [0.25, 0.3) is 0 Å². The van der Waals surface area contributed by atoms with E-state index < -0.39 is 6.61 Å². The first-order valence-corrected chi connectivity index (χ1v) is 7.31. The molecule has 21 heavy (non-hydrogen) atoms. The molecule has 0 bridgehead atoms. The number of ether oxygens (including phenoxy) is 1. The second-order valence-electron chi connectivity index (χ2n) is 4.43. The van der Waals surface area contributed by atoms with E-state index in [0.717, 1.165) is 4.90 Å². The molecule has 0 aliphatic rings. The van der Waals surface area contributed by atoms with Crippen molar-refractivity contribution in [2.24, 2.45) is 0 Å². The van der Waals surface area contributed by atoms with Gasteiger partial charge in [-0.15, -0.1) is 11.8 Å². The summed E-state index contributed by atoms with van der Waals surface area (Å²) in [6.07, 6.45) is 0. The van der Waals surface area contributed by atoms with Crippen LogP contribution in [-0.4, -0.2) is 18.1 Å². The van der Waals surface area contributed by atoms with Crippen LogP contribution in [0.1, 0.15) is 15.9 Å². The minimum atomic E-state index is -2.86. The van der Waals surface area contributed by atoms with Gasteiger partial charge >= 0.3 is 6.61 Å². The van der Waals surface area contributed by atoms with Crippen LogP contribution in [0.2, 0.25) is 0 Å². The second-order valence-corrected chi connectivity index (χ2v) is 5.48. The smallest absolute Gasteiger partial charge is 0.387 e. The number of aryl methyl sites for hydroxylation is 1. The number of hydrogen-bond acceptors (Lipinski definition) is 3. The molecule has 0 aromatic heterocycles. The van der Waals surface area contributed by atoms with Crippen molar-refractivity contribution in [3.63, 3.8) is 0 Å². The van der Waals surface area contributed by atoms with E-state index in [1.54, 1.807) is 0 Å². The van der Waals surface area contributed by atoms with Crippen LogP contribution < -0.4 is 4.74 Å². The fourth-order valence-corrected chi connectivity index (χ4v) is 2.48. The summed E-state index contributed by atoms with van der Waals surface area (Å²) in [4.78, 5) is 13.0. The summed E-state index contributed by atoms with van der Waals surface area (Å²) in [7, 11) is 0. The van der Waals surface area contributed by atoms with Crippen LogP contribution in [0.4, 0.5) is 8.78 Å². The summed E-state index contributed by atoms with van der Waals surface area (Å²) in [6, 6.07) is 13.6. The molecule has 0 saturated heterocycles. The molecule has 0 N–H and O–H groups in total. The average molecular weight is 308 g/mol. The van der Waals surface area contributed by atoms with Crippen molar-refractivity contribution in [1.29, 1.82) is 0 Å². The highest BCUT2D eigenvalue weighted by Crippen LogP contribution is 2.21. The third kappa shape index (κ3) is 4.86. The number of carbonyl (C=O) groups is 1. The number of carbonyl (C=O) groups excluding carboxylic acids is 1. The van der Waals surface area contributed by atoms with Gasteiger partial charge in [0, 0.05) is 10.5 Å². The summed E-state index contributed by atoms with van der Waals surface area (Å²) in [5.74, 6) is 0.301. The monoisotopic (exact) mass is 308 g/mol. The fraction of sp³-hybridized carbons (Fsp3) is 0.188. The largest absolute Gasteiger partial charge is 0.435 e. The minimum absolute atomic E-state index is 0.0488. The Morgan fingerprint density at radius 3 is 2.29 bits per heavy atom. The first kappa shape index (κ1) is 15.5. The lowest BCUT2D eigenvalue weighted by molar-refractivity contribution is -0.0498. The highest BCUT2D eigenvalue weighted by Gasteiger charge is 2.08. The van der Waals surface area contributed by atoms with Crippen molar-refractivity contribution in [2.75, 3.05) is 5.75 Å². The van der Waals surface area contributed by atoms with E-state index in [1.807, 2.05) is 31.2 Å². The number of halogens is 2. The fourth-order valence-electron chi connectivity index (χ4n) is 1.69. The highest BCUT2D eigenvalue weighted by molar-refractivity contribution is 8.00. The van der Waals surface area contributed by atoms with E-state index in [1.165, 1.54) is 41.6 Å². The zero-order chi connectivity index (χ0) is 15.2. The quantitative estimate of drug-likeness (QED) is 0.577. The third-order valence-corrected chi connectivity index (χ3v) is 3.80. The van der Waals surface area contributed by atoms with E-state index in [4.69, 9.17) is 0 Å². The van der Waals surface area contributed by atoms with Gasteiger partial charge in [0.1, 0.15) is 5.75 Å². The van der Waals surface area contributed by atoms with Crippen LogP contribution in [0.3, 0.4) is 0 Å². The van der Waals surface area contributed by atoms with Gasteiger partial charge < -0.3 is 4.74 Å². The van der Waals surface area contributed by atoms with Gasteiger partial charge in [0.05, 0.1) is 5.75 Å². The first-order valence-electron chi connectivity index (χ1n) is 6.32. The minimum Gasteiger partial charge on any atom is -0.435 e. The van der Waals surface area contributed by atoms with Gasteiger partial charge in [-0.2, -0.15) is 8.78 Å².